The van der Waals surface area contributed by atoms with Crippen LogP contribution < -0.4 is 14.9 Å². The number of hydrazone groups is 1. The number of nitrogens with zero attached hydrogens (tertiary/aromatic N) is 1. The molecule has 0 saturated heterocycles. The molecular weight excluding hydrogens is 380 g/mol. The fourth-order valence-electron chi connectivity index (χ4n) is 2.64. The summed E-state index contributed by atoms with van der Waals surface area (Å²) in [5.74, 6) is 0.471. The molecule has 0 radical (unpaired) electrons. The van der Waals surface area contributed by atoms with Gasteiger partial charge in [0.2, 0.25) is 5.91 Å². The van der Waals surface area contributed by atoms with Crippen molar-refractivity contribution in [3.05, 3.63) is 95.6 Å². The average Bonchev–Trinajstić information content (AvgIpc) is 2.76. The molecule has 0 fully saturated rings. The predicted octanol–water partition coefficient (Wildman–Crippen LogP) is 4.00. The number of ether oxygens (including phenoxy) is 2. The highest BCUT2D eigenvalue weighted by Gasteiger charge is 2.08. The molecule has 1 amide bonds. The molecule has 6 heteroatoms. The van der Waals surface area contributed by atoms with Crippen LogP contribution >= 0.6 is 0 Å². The third kappa shape index (κ3) is 6.31. The first-order valence-electron chi connectivity index (χ1n) is 9.55. The molecule has 3 rings (SSSR count). The lowest BCUT2D eigenvalue weighted by Crippen LogP contribution is -2.19. The Morgan fingerprint density at radius 1 is 0.900 bits per heavy atom. The van der Waals surface area contributed by atoms with Crippen molar-refractivity contribution in [2.45, 2.75) is 13.3 Å². The molecule has 0 aliphatic heterocycles. The van der Waals surface area contributed by atoms with E-state index in [-0.39, 0.29) is 12.3 Å². The number of carbonyl (C=O) groups excluding carboxylic acids is 2. The highest BCUT2D eigenvalue weighted by atomic mass is 16.5. The van der Waals surface area contributed by atoms with Crippen LogP contribution in [-0.4, -0.2) is 24.7 Å². The summed E-state index contributed by atoms with van der Waals surface area (Å²) in [6.07, 6.45) is 1.79. The van der Waals surface area contributed by atoms with Crippen LogP contribution in [0.4, 0.5) is 0 Å². The standard InChI is InChI=1S/C24H22N2O4/c1-2-29-21-14-10-20(11-15-21)24(28)30-22-12-8-19(9-13-22)17-25-26-23(27)16-18-6-4-3-5-7-18/h3-15,17H,2,16H2,1H3,(H,26,27)/b25-17-. The zero-order chi connectivity index (χ0) is 21.2. The minimum Gasteiger partial charge on any atom is -0.494 e. The van der Waals surface area contributed by atoms with E-state index in [1.54, 1.807) is 48.5 Å². The second-order valence-electron chi connectivity index (χ2n) is 6.37. The summed E-state index contributed by atoms with van der Waals surface area (Å²) in [4.78, 5) is 24.1. The van der Waals surface area contributed by atoms with Crippen molar-refractivity contribution in [2.75, 3.05) is 6.61 Å². The van der Waals surface area contributed by atoms with Gasteiger partial charge in [-0.15, -0.1) is 0 Å². The largest absolute Gasteiger partial charge is 0.494 e. The van der Waals surface area contributed by atoms with E-state index in [0.29, 0.717) is 23.7 Å². The van der Waals surface area contributed by atoms with Gasteiger partial charge in [0.15, 0.2) is 0 Å². The van der Waals surface area contributed by atoms with Crippen LogP contribution in [-0.2, 0) is 11.2 Å². The zero-order valence-corrected chi connectivity index (χ0v) is 16.6. The van der Waals surface area contributed by atoms with Gasteiger partial charge in [-0.2, -0.15) is 5.10 Å². The highest BCUT2D eigenvalue weighted by molar-refractivity contribution is 5.91. The van der Waals surface area contributed by atoms with E-state index in [0.717, 1.165) is 11.1 Å². The Kier molecular flexibility index (Phi) is 7.33. The van der Waals surface area contributed by atoms with Crippen molar-refractivity contribution < 1.29 is 19.1 Å². The molecule has 0 bridgehead atoms. The summed E-state index contributed by atoms with van der Waals surface area (Å²) in [6, 6.07) is 23.0. The number of esters is 1. The summed E-state index contributed by atoms with van der Waals surface area (Å²) in [5.41, 5.74) is 4.61. The molecule has 0 atom stereocenters. The van der Waals surface area contributed by atoms with E-state index in [9.17, 15) is 9.59 Å². The maximum Gasteiger partial charge on any atom is 0.343 e. The van der Waals surface area contributed by atoms with Crippen molar-refractivity contribution in [3.63, 3.8) is 0 Å². The summed E-state index contributed by atoms with van der Waals surface area (Å²) < 4.78 is 10.7. The molecule has 0 spiro atoms. The molecule has 0 unspecified atom stereocenters. The van der Waals surface area contributed by atoms with Gasteiger partial charge in [0.05, 0.1) is 24.8 Å². The van der Waals surface area contributed by atoms with Gasteiger partial charge in [0, 0.05) is 0 Å². The molecule has 30 heavy (non-hydrogen) atoms. The van der Waals surface area contributed by atoms with Crippen LogP contribution in [0.2, 0.25) is 0 Å². The lowest BCUT2D eigenvalue weighted by Gasteiger charge is -2.06. The molecule has 0 saturated carbocycles. The number of amides is 1. The number of hydrogen-bond donors (Lipinski definition) is 1. The zero-order valence-electron chi connectivity index (χ0n) is 16.6. The van der Waals surface area contributed by atoms with Crippen LogP contribution in [0.25, 0.3) is 0 Å². The molecule has 3 aromatic carbocycles. The average molecular weight is 402 g/mol. The van der Waals surface area contributed by atoms with Crippen LogP contribution in [0.15, 0.2) is 84.0 Å². The molecule has 0 aliphatic carbocycles. The number of benzene rings is 3. The number of carbonyl (C=O) groups is 2. The normalized spacial score (nSPS) is 10.6. The summed E-state index contributed by atoms with van der Waals surface area (Å²) >= 11 is 0. The van der Waals surface area contributed by atoms with Gasteiger partial charge in [0.25, 0.3) is 0 Å². The van der Waals surface area contributed by atoms with Crippen LogP contribution in [0.1, 0.15) is 28.4 Å². The molecule has 6 nitrogen and oxygen atoms in total. The predicted molar refractivity (Wildman–Crippen MR) is 115 cm³/mol. The van der Waals surface area contributed by atoms with E-state index in [4.69, 9.17) is 9.47 Å². The van der Waals surface area contributed by atoms with Gasteiger partial charge in [0.1, 0.15) is 11.5 Å². The Labute approximate surface area is 175 Å². The molecule has 3 aromatic rings. The number of nitrogens with one attached hydrogen (secondary N) is 1. The van der Waals surface area contributed by atoms with Gasteiger partial charge in [-0.05, 0) is 66.6 Å². The topological polar surface area (TPSA) is 77.0 Å². The Morgan fingerprint density at radius 2 is 1.57 bits per heavy atom. The first-order chi connectivity index (χ1) is 14.6. The van der Waals surface area contributed by atoms with Crippen molar-refractivity contribution in [1.29, 1.82) is 0 Å². The Bertz CT molecular complexity index is 998. The van der Waals surface area contributed by atoms with Crippen molar-refractivity contribution in [2.24, 2.45) is 5.10 Å². The quantitative estimate of drug-likeness (QED) is 0.267. The molecule has 0 aliphatic rings. The first kappa shape index (κ1) is 20.8. The maximum absolute atomic E-state index is 12.2. The van der Waals surface area contributed by atoms with E-state index < -0.39 is 5.97 Å². The molecular formula is C24H22N2O4. The summed E-state index contributed by atoms with van der Waals surface area (Å²) in [6.45, 7) is 2.46. The van der Waals surface area contributed by atoms with Crippen molar-refractivity contribution in [1.82, 2.24) is 5.43 Å². The first-order valence-corrected chi connectivity index (χ1v) is 9.55. The van der Waals surface area contributed by atoms with Crippen LogP contribution in [0.3, 0.4) is 0 Å². The molecule has 1 N–H and O–H groups in total. The van der Waals surface area contributed by atoms with Crippen LogP contribution in [0.5, 0.6) is 11.5 Å². The monoisotopic (exact) mass is 402 g/mol. The van der Waals surface area contributed by atoms with E-state index >= 15 is 0 Å². The maximum atomic E-state index is 12.2. The summed E-state index contributed by atoms with van der Waals surface area (Å²) in [5, 5.41) is 3.96. The number of hydrogen-bond acceptors (Lipinski definition) is 5. The second-order valence-corrected chi connectivity index (χ2v) is 6.37. The Hall–Kier alpha value is -3.93. The smallest absolute Gasteiger partial charge is 0.343 e. The minimum atomic E-state index is -0.451. The third-order valence-corrected chi connectivity index (χ3v) is 4.10. The lowest BCUT2D eigenvalue weighted by atomic mass is 10.1. The Balaban J connectivity index is 1.50. The van der Waals surface area contributed by atoms with Gasteiger partial charge in [-0.25, -0.2) is 10.2 Å². The van der Waals surface area contributed by atoms with Gasteiger partial charge >= 0.3 is 5.97 Å². The van der Waals surface area contributed by atoms with Gasteiger partial charge in [-0.1, -0.05) is 30.3 Å². The number of rotatable bonds is 8. The molecule has 0 aromatic heterocycles. The van der Waals surface area contributed by atoms with E-state index in [2.05, 4.69) is 10.5 Å². The summed E-state index contributed by atoms with van der Waals surface area (Å²) in [7, 11) is 0. The fourth-order valence-corrected chi connectivity index (χ4v) is 2.64. The molecule has 0 heterocycles. The van der Waals surface area contributed by atoms with Gasteiger partial charge in [-0.3, -0.25) is 4.79 Å². The highest BCUT2D eigenvalue weighted by Crippen LogP contribution is 2.16. The SMILES string of the molecule is CCOc1ccc(C(=O)Oc2ccc(/C=N\NC(=O)Cc3ccccc3)cc2)cc1. The van der Waals surface area contributed by atoms with Crippen molar-refractivity contribution in [3.8, 4) is 11.5 Å². The fraction of sp³-hybridized carbons (Fsp3) is 0.125. The van der Waals surface area contributed by atoms with Crippen LogP contribution in [0, 0.1) is 0 Å². The van der Waals surface area contributed by atoms with E-state index in [1.165, 1.54) is 6.21 Å². The van der Waals surface area contributed by atoms with E-state index in [1.807, 2.05) is 37.3 Å². The van der Waals surface area contributed by atoms with Crippen molar-refractivity contribution >= 4 is 18.1 Å². The Morgan fingerprint density at radius 3 is 2.23 bits per heavy atom. The second kappa shape index (κ2) is 10.6. The minimum absolute atomic E-state index is 0.196. The third-order valence-electron chi connectivity index (χ3n) is 4.10. The van der Waals surface area contributed by atoms with Gasteiger partial charge < -0.3 is 9.47 Å². The lowest BCUT2D eigenvalue weighted by molar-refractivity contribution is -0.120. The molecule has 152 valence electrons.